The zero-order valence-electron chi connectivity index (χ0n) is 11.5. The van der Waals surface area contributed by atoms with Crippen LogP contribution in [0, 0.1) is 6.92 Å². The van der Waals surface area contributed by atoms with E-state index in [-0.39, 0.29) is 29.0 Å². The van der Waals surface area contributed by atoms with Gasteiger partial charge in [0, 0.05) is 6.42 Å². The molecule has 4 heteroatoms. The fraction of sp³-hybridized carbons (Fsp3) is 0.500. The Balaban J connectivity index is 0.00000289. The predicted molar refractivity (Wildman–Crippen MR) is 67.4 cm³/mol. The van der Waals surface area contributed by atoms with Crippen molar-refractivity contribution >= 4 is 5.97 Å². The third-order valence-electron chi connectivity index (χ3n) is 2.53. The molecular weight excluding hydrogens is 294 g/mol. The van der Waals surface area contributed by atoms with Crippen LogP contribution in [-0.4, -0.2) is 17.6 Å². The maximum atomic E-state index is 11.5. The van der Waals surface area contributed by atoms with Crippen LogP contribution in [0.1, 0.15) is 31.9 Å². The number of rotatable bonds is 4. The van der Waals surface area contributed by atoms with Crippen molar-refractivity contribution in [2.24, 2.45) is 0 Å². The van der Waals surface area contributed by atoms with Crippen molar-refractivity contribution in [3.63, 3.8) is 0 Å². The number of quaternary nitrogens is 1. The molecule has 1 rings (SSSR count). The predicted octanol–water partition coefficient (Wildman–Crippen LogP) is -1.51. The Morgan fingerprint density at radius 2 is 1.83 bits per heavy atom. The second-order valence-corrected chi connectivity index (χ2v) is 5.24. The number of carbonyl (C=O) groups excluding carboxylic acids is 1. The largest absolute Gasteiger partial charge is 1.00 e. The lowest BCUT2D eigenvalue weighted by Crippen LogP contribution is -3.00. The highest BCUT2D eigenvalue weighted by molar-refractivity contribution is 5.73. The minimum atomic E-state index is -0.488. The van der Waals surface area contributed by atoms with Gasteiger partial charge in [-0.1, -0.05) is 29.8 Å². The van der Waals surface area contributed by atoms with E-state index in [0.717, 1.165) is 0 Å². The Labute approximate surface area is 119 Å². The molecule has 0 amide bonds. The Morgan fingerprint density at radius 3 is 2.28 bits per heavy atom. The number of esters is 1. The Morgan fingerprint density at radius 1 is 1.33 bits per heavy atom. The van der Waals surface area contributed by atoms with Crippen LogP contribution in [-0.2, 0) is 16.0 Å². The molecule has 1 atom stereocenters. The summed E-state index contributed by atoms with van der Waals surface area (Å²) in [5, 5.41) is 0. The lowest BCUT2D eigenvalue weighted by Gasteiger charge is -2.25. The Kier molecular flexibility index (Phi) is 6.57. The molecule has 0 aliphatic carbocycles. The summed E-state index contributed by atoms with van der Waals surface area (Å²) in [4.78, 5) is 11.5. The van der Waals surface area contributed by atoms with Gasteiger partial charge in [-0.25, -0.2) is 4.79 Å². The highest BCUT2D eigenvalue weighted by Crippen LogP contribution is 2.18. The van der Waals surface area contributed by atoms with Crippen LogP contribution >= 0.6 is 0 Å². The fourth-order valence-corrected chi connectivity index (χ4v) is 1.61. The van der Waals surface area contributed by atoms with E-state index >= 15 is 0 Å². The number of ether oxygens (including phenoxy) is 1. The first-order valence-corrected chi connectivity index (χ1v) is 5.92. The van der Waals surface area contributed by atoms with Gasteiger partial charge < -0.3 is 27.5 Å². The molecule has 0 aromatic heterocycles. The van der Waals surface area contributed by atoms with E-state index in [1.165, 1.54) is 11.1 Å². The highest BCUT2D eigenvalue weighted by atomic mass is 79.9. The molecule has 1 unspecified atom stereocenters. The molecule has 0 fully saturated rings. The van der Waals surface area contributed by atoms with E-state index in [1.807, 2.05) is 13.8 Å². The number of hydrogen-bond acceptors (Lipinski definition) is 2. The molecule has 102 valence electrons. The van der Waals surface area contributed by atoms with Gasteiger partial charge >= 0.3 is 5.97 Å². The summed E-state index contributed by atoms with van der Waals surface area (Å²) in [5.74, 6) is -0.248. The molecule has 0 aliphatic heterocycles. The van der Waals surface area contributed by atoms with Crippen LogP contribution in [0.25, 0.3) is 0 Å². The molecule has 18 heavy (non-hydrogen) atoms. The van der Waals surface area contributed by atoms with Crippen LogP contribution in [0.5, 0.6) is 0 Å². The average Bonchev–Trinajstić information content (AvgIpc) is 2.20. The summed E-state index contributed by atoms with van der Waals surface area (Å²) in [6, 6.07) is 7.94. The zero-order valence-corrected chi connectivity index (χ0v) is 13.1. The van der Waals surface area contributed by atoms with Crippen LogP contribution in [0.4, 0.5) is 0 Å². The van der Waals surface area contributed by atoms with Crippen LogP contribution in [0.3, 0.4) is 0 Å². The maximum Gasteiger partial charge on any atom is 0.364 e. The van der Waals surface area contributed by atoms with Crippen molar-refractivity contribution in [1.29, 1.82) is 0 Å². The fourth-order valence-electron chi connectivity index (χ4n) is 1.61. The van der Waals surface area contributed by atoms with Crippen molar-refractivity contribution in [3.05, 3.63) is 35.4 Å². The molecule has 0 aliphatic rings. The first kappa shape index (κ1) is 17.1. The van der Waals surface area contributed by atoms with Gasteiger partial charge in [0.15, 0.2) is 6.04 Å². The summed E-state index contributed by atoms with van der Waals surface area (Å²) >= 11 is 0. The van der Waals surface area contributed by atoms with E-state index in [2.05, 4.69) is 36.9 Å². The Hall–Kier alpha value is -0.870. The summed E-state index contributed by atoms with van der Waals surface area (Å²) in [5.41, 5.74) is 5.58. The highest BCUT2D eigenvalue weighted by Gasteiger charge is 2.26. The molecule has 1 aromatic carbocycles. The molecule has 0 saturated carbocycles. The number of halogens is 1. The van der Waals surface area contributed by atoms with Gasteiger partial charge in [-0.3, -0.25) is 0 Å². The molecule has 0 radical (unpaired) electrons. The van der Waals surface area contributed by atoms with E-state index in [4.69, 9.17) is 4.74 Å². The van der Waals surface area contributed by atoms with Gasteiger partial charge in [-0.15, -0.1) is 0 Å². The quantitative estimate of drug-likeness (QED) is 0.687. The van der Waals surface area contributed by atoms with Crippen LogP contribution < -0.4 is 22.7 Å². The van der Waals surface area contributed by atoms with Gasteiger partial charge in [-0.05, 0) is 33.3 Å². The lowest BCUT2D eigenvalue weighted by molar-refractivity contribution is -0.404. The minimum Gasteiger partial charge on any atom is -1.00 e. The SMILES string of the molecule is Cc1ccc(CC(C)(C)OC(=O)C(C)[NH3+])cc1.[Br-]. The molecule has 0 bridgehead atoms. The molecule has 3 nitrogen and oxygen atoms in total. The molecular formula is C14H22BrNO2. The van der Waals surface area contributed by atoms with E-state index in [1.54, 1.807) is 6.92 Å². The normalized spacial score (nSPS) is 12.5. The molecule has 0 saturated heterocycles. The molecule has 0 spiro atoms. The van der Waals surface area contributed by atoms with Crippen molar-refractivity contribution in [2.45, 2.75) is 45.8 Å². The van der Waals surface area contributed by atoms with E-state index < -0.39 is 5.60 Å². The van der Waals surface area contributed by atoms with Crippen LogP contribution in [0.15, 0.2) is 24.3 Å². The topological polar surface area (TPSA) is 53.9 Å². The van der Waals surface area contributed by atoms with Crippen LogP contribution in [0.2, 0.25) is 0 Å². The standard InChI is InChI=1S/C14H21NO2.BrH/c1-10-5-7-12(8-6-10)9-14(3,4)17-13(16)11(2)15;/h5-8,11H,9,15H2,1-4H3;1H. The van der Waals surface area contributed by atoms with Gasteiger partial charge in [-0.2, -0.15) is 0 Å². The van der Waals surface area contributed by atoms with Gasteiger partial charge in [0.05, 0.1) is 0 Å². The maximum absolute atomic E-state index is 11.5. The van der Waals surface area contributed by atoms with E-state index in [0.29, 0.717) is 6.42 Å². The Bertz CT molecular complexity index is 385. The number of aryl methyl sites for hydroxylation is 1. The van der Waals surface area contributed by atoms with Crippen molar-refractivity contribution in [3.8, 4) is 0 Å². The number of hydrogen-bond donors (Lipinski definition) is 1. The van der Waals surface area contributed by atoms with E-state index in [9.17, 15) is 4.79 Å². The van der Waals surface area contributed by atoms with Crippen molar-refractivity contribution in [2.75, 3.05) is 0 Å². The summed E-state index contributed by atoms with van der Waals surface area (Å²) in [6.07, 6.45) is 0.714. The third-order valence-corrected chi connectivity index (χ3v) is 2.53. The summed E-state index contributed by atoms with van der Waals surface area (Å²) in [6.45, 7) is 7.64. The summed E-state index contributed by atoms with van der Waals surface area (Å²) < 4.78 is 5.43. The monoisotopic (exact) mass is 315 g/mol. The second kappa shape index (κ2) is 6.90. The first-order valence-electron chi connectivity index (χ1n) is 5.92. The van der Waals surface area contributed by atoms with Gasteiger partial charge in [0.25, 0.3) is 0 Å². The first-order chi connectivity index (χ1) is 7.80. The van der Waals surface area contributed by atoms with Gasteiger partial charge in [0.2, 0.25) is 0 Å². The number of carbonyl (C=O) groups is 1. The number of benzene rings is 1. The zero-order chi connectivity index (χ0) is 13.1. The smallest absolute Gasteiger partial charge is 0.364 e. The molecule has 3 N–H and O–H groups in total. The molecule has 0 heterocycles. The summed E-state index contributed by atoms with van der Waals surface area (Å²) in [7, 11) is 0. The average molecular weight is 316 g/mol. The third kappa shape index (κ3) is 5.65. The minimum absolute atomic E-state index is 0. The van der Waals surface area contributed by atoms with Crippen molar-refractivity contribution < 1.29 is 32.2 Å². The van der Waals surface area contributed by atoms with Gasteiger partial charge in [0.1, 0.15) is 5.60 Å². The lowest BCUT2D eigenvalue weighted by atomic mass is 9.97. The van der Waals surface area contributed by atoms with Crippen molar-refractivity contribution in [1.82, 2.24) is 0 Å². The molecule has 1 aromatic rings. The second-order valence-electron chi connectivity index (χ2n) is 5.24.